The number of hydrogen-bond acceptors (Lipinski definition) is 3. The van der Waals surface area contributed by atoms with E-state index in [1.807, 2.05) is 13.8 Å². The topological polar surface area (TPSA) is 44.0 Å². The van der Waals surface area contributed by atoms with Gasteiger partial charge in [-0.1, -0.05) is 13.8 Å². The zero-order chi connectivity index (χ0) is 8.69. The van der Waals surface area contributed by atoms with Gasteiger partial charge >= 0.3 is 0 Å². The van der Waals surface area contributed by atoms with Crippen LogP contribution in [0.25, 0.3) is 0 Å². The molecule has 0 aromatic heterocycles. The lowest BCUT2D eigenvalue weighted by molar-refractivity contribution is 0.250. The summed E-state index contributed by atoms with van der Waals surface area (Å²) in [6, 6.07) is 2.13. The highest BCUT2D eigenvalue weighted by Crippen LogP contribution is 2.16. The quantitative estimate of drug-likeness (QED) is 0.687. The Labute approximate surface area is 72.6 Å². The van der Waals surface area contributed by atoms with Crippen molar-refractivity contribution in [2.24, 2.45) is 5.92 Å². The molecule has 3 heteroatoms. The predicted octanol–water partition coefficient (Wildman–Crippen LogP) is 1.65. The number of nitriles is 1. The third-order valence-corrected chi connectivity index (χ3v) is 2.85. The number of aliphatic hydroxyl groups excluding tert-OH is 1. The second-order valence-corrected chi connectivity index (χ2v) is 4.27. The standard InChI is InChI=1S/C8H15NOS/c1-7(5-10)6-11-8(2)3-4-9/h7-8,10H,3,5-6H2,1-2H3. The van der Waals surface area contributed by atoms with Crippen molar-refractivity contribution in [2.75, 3.05) is 12.4 Å². The van der Waals surface area contributed by atoms with E-state index >= 15 is 0 Å². The van der Waals surface area contributed by atoms with Gasteiger partial charge in [0, 0.05) is 18.3 Å². The molecule has 0 radical (unpaired) electrons. The van der Waals surface area contributed by atoms with Crippen LogP contribution in [0.4, 0.5) is 0 Å². The Bertz CT molecular complexity index is 133. The van der Waals surface area contributed by atoms with Crippen LogP contribution in [-0.2, 0) is 0 Å². The van der Waals surface area contributed by atoms with Crippen molar-refractivity contribution >= 4 is 11.8 Å². The fourth-order valence-electron chi connectivity index (χ4n) is 0.569. The predicted molar refractivity (Wildman–Crippen MR) is 48.4 cm³/mol. The average molecular weight is 173 g/mol. The van der Waals surface area contributed by atoms with Crippen LogP contribution in [0.1, 0.15) is 20.3 Å². The zero-order valence-electron chi connectivity index (χ0n) is 7.08. The van der Waals surface area contributed by atoms with Gasteiger partial charge in [0.1, 0.15) is 0 Å². The number of nitrogens with zero attached hydrogens (tertiary/aromatic N) is 1. The lowest BCUT2D eigenvalue weighted by atomic mass is 10.2. The normalized spacial score (nSPS) is 15.5. The van der Waals surface area contributed by atoms with Gasteiger partial charge in [0.25, 0.3) is 0 Å². The number of rotatable bonds is 5. The largest absolute Gasteiger partial charge is 0.396 e. The molecule has 2 atom stereocenters. The Morgan fingerprint density at radius 2 is 2.18 bits per heavy atom. The molecule has 0 saturated carbocycles. The van der Waals surface area contributed by atoms with Crippen LogP contribution in [0.5, 0.6) is 0 Å². The van der Waals surface area contributed by atoms with E-state index in [-0.39, 0.29) is 6.61 Å². The van der Waals surface area contributed by atoms with Crippen molar-refractivity contribution < 1.29 is 5.11 Å². The Morgan fingerprint density at radius 1 is 1.55 bits per heavy atom. The van der Waals surface area contributed by atoms with Crippen LogP contribution in [-0.4, -0.2) is 22.7 Å². The highest BCUT2D eigenvalue weighted by molar-refractivity contribution is 7.99. The van der Waals surface area contributed by atoms with Gasteiger partial charge in [-0.3, -0.25) is 0 Å². The first kappa shape index (κ1) is 10.8. The Kier molecular flexibility index (Phi) is 6.39. The van der Waals surface area contributed by atoms with E-state index in [1.165, 1.54) is 0 Å². The summed E-state index contributed by atoms with van der Waals surface area (Å²) >= 11 is 1.75. The van der Waals surface area contributed by atoms with Gasteiger partial charge < -0.3 is 5.11 Å². The fraction of sp³-hybridized carbons (Fsp3) is 0.875. The Morgan fingerprint density at radius 3 is 2.64 bits per heavy atom. The summed E-state index contributed by atoms with van der Waals surface area (Å²) in [6.07, 6.45) is 0.600. The van der Waals surface area contributed by atoms with Crippen molar-refractivity contribution in [1.29, 1.82) is 5.26 Å². The van der Waals surface area contributed by atoms with Crippen molar-refractivity contribution in [3.05, 3.63) is 0 Å². The van der Waals surface area contributed by atoms with Gasteiger partial charge in [0.2, 0.25) is 0 Å². The van der Waals surface area contributed by atoms with Crippen molar-refractivity contribution in [1.82, 2.24) is 0 Å². The molecular weight excluding hydrogens is 158 g/mol. The molecule has 0 fully saturated rings. The molecule has 2 nitrogen and oxygen atoms in total. The van der Waals surface area contributed by atoms with Crippen LogP contribution in [0.15, 0.2) is 0 Å². The maximum absolute atomic E-state index is 8.70. The van der Waals surface area contributed by atoms with E-state index in [2.05, 4.69) is 6.07 Å². The van der Waals surface area contributed by atoms with E-state index in [0.29, 0.717) is 17.6 Å². The maximum Gasteiger partial charge on any atom is 0.0633 e. The van der Waals surface area contributed by atoms with E-state index in [9.17, 15) is 0 Å². The second-order valence-electron chi connectivity index (χ2n) is 2.79. The molecule has 64 valence electrons. The van der Waals surface area contributed by atoms with E-state index in [0.717, 1.165) is 5.75 Å². The minimum absolute atomic E-state index is 0.242. The molecular formula is C8H15NOS. The monoisotopic (exact) mass is 173 g/mol. The average Bonchev–Trinajstić information content (AvgIpc) is 2.01. The maximum atomic E-state index is 8.70. The van der Waals surface area contributed by atoms with Gasteiger partial charge in [0.05, 0.1) is 6.07 Å². The van der Waals surface area contributed by atoms with Gasteiger partial charge in [0.15, 0.2) is 0 Å². The first-order valence-electron chi connectivity index (χ1n) is 3.80. The van der Waals surface area contributed by atoms with Crippen LogP contribution in [0.2, 0.25) is 0 Å². The molecule has 0 heterocycles. The molecule has 1 N–H and O–H groups in total. The summed E-state index contributed by atoms with van der Waals surface area (Å²) in [5.74, 6) is 1.29. The zero-order valence-corrected chi connectivity index (χ0v) is 7.90. The van der Waals surface area contributed by atoms with Crippen LogP contribution >= 0.6 is 11.8 Å². The van der Waals surface area contributed by atoms with Gasteiger partial charge in [-0.25, -0.2) is 0 Å². The summed E-state index contributed by atoms with van der Waals surface area (Å²) in [4.78, 5) is 0. The van der Waals surface area contributed by atoms with Crippen molar-refractivity contribution in [3.63, 3.8) is 0 Å². The third kappa shape index (κ3) is 6.21. The summed E-state index contributed by atoms with van der Waals surface area (Å²) in [5.41, 5.74) is 0. The summed E-state index contributed by atoms with van der Waals surface area (Å²) in [7, 11) is 0. The number of thioether (sulfide) groups is 1. The summed E-state index contributed by atoms with van der Waals surface area (Å²) in [6.45, 7) is 4.29. The molecule has 0 aliphatic rings. The van der Waals surface area contributed by atoms with Gasteiger partial charge in [-0.15, -0.1) is 0 Å². The van der Waals surface area contributed by atoms with E-state index < -0.39 is 0 Å². The summed E-state index contributed by atoms with van der Waals surface area (Å²) in [5, 5.41) is 17.4. The van der Waals surface area contributed by atoms with Gasteiger partial charge in [-0.05, 0) is 11.7 Å². The molecule has 2 unspecified atom stereocenters. The molecule has 0 amide bonds. The second kappa shape index (κ2) is 6.51. The lowest BCUT2D eigenvalue weighted by Crippen LogP contribution is -2.06. The minimum atomic E-state index is 0.242. The fourth-order valence-corrected chi connectivity index (χ4v) is 1.52. The first-order chi connectivity index (χ1) is 5.20. The smallest absolute Gasteiger partial charge is 0.0633 e. The minimum Gasteiger partial charge on any atom is -0.396 e. The molecule has 0 rings (SSSR count). The SMILES string of the molecule is CC(CO)CSC(C)CC#N. The Balaban J connectivity index is 3.31. The van der Waals surface area contributed by atoms with Gasteiger partial charge in [-0.2, -0.15) is 17.0 Å². The molecule has 0 aliphatic carbocycles. The number of hydrogen-bond donors (Lipinski definition) is 1. The van der Waals surface area contributed by atoms with E-state index in [4.69, 9.17) is 10.4 Å². The first-order valence-corrected chi connectivity index (χ1v) is 4.85. The van der Waals surface area contributed by atoms with Crippen molar-refractivity contribution in [3.8, 4) is 6.07 Å². The highest BCUT2D eigenvalue weighted by atomic mass is 32.2. The Hall–Kier alpha value is -0.200. The lowest BCUT2D eigenvalue weighted by Gasteiger charge is -2.10. The highest BCUT2D eigenvalue weighted by Gasteiger charge is 2.04. The third-order valence-electron chi connectivity index (χ3n) is 1.36. The molecule has 0 aliphatic heterocycles. The van der Waals surface area contributed by atoms with Crippen molar-refractivity contribution in [2.45, 2.75) is 25.5 Å². The number of aliphatic hydroxyl groups is 1. The molecule has 11 heavy (non-hydrogen) atoms. The van der Waals surface area contributed by atoms with Crippen LogP contribution in [0.3, 0.4) is 0 Å². The van der Waals surface area contributed by atoms with Crippen LogP contribution < -0.4 is 0 Å². The molecule has 0 spiro atoms. The molecule has 0 saturated heterocycles. The van der Waals surface area contributed by atoms with E-state index in [1.54, 1.807) is 11.8 Å². The molecule has 0 aromatic carbocycles. The van der Waals surface area contributed by atoms with Crippen LogP contribution in [0, 0.1) is 17.2 Å². The molecule has 0 aromatic rings. The molecule has 0 bridgehead atoms. The summed E-state index contributed by atoms with van der Waals surface area (Å²) < 4.78 is 0.